The van der Waals surface area contributed by atoms with E-state index in [1.807, 2.05) is 0 Å². The predicted octanol–water partition coefficient (Wildman–Crippen LogP) is 2.36. The van der Waals surface area contributed by atoms with E-state index in [4.69, 9.17) is 32.8 Å². The second-order valence-electron chi connectivity index (χ2n) is 2.51. The molecule has 0 aromatic carbocycles. The fourth-order valence-corrected chi connectivity index (χ4v) is 2.25. The number of thiophene rings is 1. The van der Waals surface area contributed by atoms with Crippen molar-refractivity contribution in [2.45, 2.75) is 0 Å². The molecule has 0 atom stereocenters. The zero-order valence-electron chi connectivity index (χ0n) is 7.88. The molecule has 0 saturated heterocycles. The number of rotatable bonds is 5. The van der Waals surface area contributed by atoms with Crippen LogP contribution in [0.1, 0.15) is 10.4 Å². The molecule has 15 heavy (non-hydrogen) atoms. The third-order valence-corrected chi connectivity index (χ3v) is 2.94. The Morgan fingerprint density at radius 1 is 1.53 bits per heavy atom. The average Bonchev–Trinajstić information content (AvgIpc) is 2.52. The van der Waals surface area contributed by atoms with Gasteiger partial charge in [0.25, 0.3) is 5.91 Å². The van der Waals surface area contributed by atoms with Crippen molar-refractivity contribution in [2.24, 2.45) is 0 Å². The van der Waals surface area contributed by atoms with E-state index >= 15 is 0 Å². The summed E-state index contributed by atoms with van der Waals surface area (Å²) in [5.74, 6) is -0.417. The summed E-state index contributed by atoms with van der Waals surface area (Å²) in [5, 5.41) is 0. The lowest BCUT2D eigenvalue weighted by Gasteiger charge is -2.03. The molecule has 0 aliphatic carbocycles. The SMILES string of the molecule is COCCONC(=O)c1cc(Cl)sc1Cl. The standard InChI is InChI=1S/C8H9Cl2NO3S/c1-13-2-3-14-11-8(12)5-4-6(9)15-7(5)10/h4H,2-3H2,1H3,(H,11,12). The Bertz CT molecular complexity index is 343. The second kappa shape index (κ2) is 6.30. The number of carbonyl (C=O) groups excluding carboxylic acids is 1. The first-order chi connectivity index (χ1) is 7.15. The van der Waals surface area contributed by atoms with Crippen LogP contribution in [-0.4, -0.2) is 26.2 Å². The van der Waals surface area contributed by atoms with E-state index in [9.17, 15) is 4.79 Å². The normalized spacial score (nSPS) is 10.3. The van der Waals surface area contributed by atoms with Gasteiger partial charge in [-0.05, 0) is 6.07 Å². The van der Waals surface area contributed by atoms with Crippen molar-refractivity contribution in [1.29, 1.82) is 0 Å². The topological polar surface area (TPSA) is 47.6 Å². The fourth-order valence-electron chi connectivity index (χ4n) is 0.792. The molecule has 0 aliphatic heterocycles. The molecule has 1 amide bonds. The number of amides is 1. The van der Waals surface area contributed by atoms with Gasteiger partial charge in [0.05, 0.1) is 23.1 Å². The van der Waals surface area contributed by atoms with Crippen LogP contribution in [0.2, 0.25) is 8.67 Å². The van der Waals surface area contributed by atoms with Crippen LogP contribution in [0.5, 0.6) is 0 Å². The van der Waals surface area contributed by atoms with Gasteiger partial charge in [0.2, 0.25) is 0 Å². The lowest BCUT2D eigenvalue weighted by molar-refractivity contribution is 0.00892. The highest BCUT2D eigenvalue weighted by Gasteiger charge is 2.13. The van der Waals surface area contributed by atoms with Crippen molar-refractivity contribution < 1.29 is 14.4 Å². The van der Waals surface area contributed by atoms with Crippen LogP contribution in [0, 0.1) is 0 Å². The van der Waals surface area contributed by atoms with Crippen molar-refractivity contribution >= 4 is 40.4 Å². The Kier molecular flexibility index (Phi) is 5.35. The lowest BCUT2D eigenvalue weighted by atomic mass is 10.3. The molecule has 84 valence electrons. The minimum atomic E-state index is -0.417. The van der Waals surface area contributed by atoms with E-state index in [1.54, 1.807) is 7.11 Å². The van der Waals surface area contributed by atoms with Gasteiger partial charge in [-0.2, -0.15) is 0 Å². The van der Waals surface area contributed by atoms with Crippen LogP contribution in [0.3, 0.4) is 0 Å². The van der Waals surface area contributed by atoms with Gasteiger partial charge in [-0.25, -0.2) is 5.48 Å². The van der Waals surface area contributed by atoms with Crippen molar-refractivity contribution in [1.82, 2.24) is 5.48 Å². The number of methoxy groups -OCH3 is 1. The molecule has 0 fully saturated rings. The molecule has 1 aromatic rings. The largest absolute Gasteiger partial charge is 0.382 e. The molecule has 1 rings (SSSR count). The molecule has 0 spiro atoms. The Hall–Kier alpha value is -0.330. The maximum Gasteiger partial charge on any atom is 0.277 e. The van der Waals surface area contributed by atoms with Gasteiger partial charge in [0, 0.05) is 7.11 Å². The first kappa shape index (κ1) is 12.7. The number of ether oxygens (including phenoxy) is 1. The van der Waals surface area contributed by atoms with E-state index < -0.39 is 5.91 Å². The van der Waals surface area contributed by atoms with Gasteiger partial charge in [-0.3, -0.25) is 9.63 Å². The maximum atomic E-state index is 11.4. The lowest BCUT2D eigenvalue weighted by Crippen LogP contribution is -2.25. The summed E-state index contributed by atoms with van der Waals surface area (Å²) in [6.07, 6.45) is 0. The zero-order chi connectivity index (χ0) is 11.3. The summed E-state index contributed by atoms with van der Waals surface area (Å²) < 4.78 is 5.54. The number of hydrogen-bond acceptors (Lipinski definition) is 4. The van der Waals surface area contributed by atoms with Crippen LogP contribution < -0.4 is 5.48 Å². The van der Waals surface area contributed by atoms with E-state index in [-0.39, 0.29) is 6.61 Å². The molecule has 1 heterocycles. The van der Waals surface area contributed by atoms with Gasteiger partial charge < -0.3 is 4.74 Å². The number of nitrogens with one attached hydrogen (secondary N) is 1. The third kappa shape index (κ3) is 3.96. The van der Waals surface area contributed by atoms with E-state index in [2.05, 4.69) is 5.48 Å². The van der Waals surface area contributed by atoms with Crippen molar-refractivity contribution in [3.05, 3.63) is 20.3 Å². The molecular weight excluding hydrogens is 261 g/mol. The van der Waals surface area contributed by atoms with Gasteiger partial charge in [0.1, 0.15) is 4.34 Å². The summed E-state index contributed by atoms with van der Waals surface area (Å²) >= 11 is 12.6. The first-order valence-electron chi connectivity index (χ1n) is 4.01. The Balaban J connectivity index is 2.43. The van der Waals surface area contributed by atoms with Gasteiger partial charge in [-0.15, -0.1) is 11.3 Å². The van der Waals surface area contributed by atoms with Crippen molar-refractivity contribution in [3.8, 4) is 0 Å². The number of halogens is 2. The quantitative estimate of drug-likeness (QED) is 0.660. The Morgan fingerprint density at radius 2 is 2.27 bits per heavy atom. The summed E-state index contributed by atoms with van der Waals surface area (Å²) in [6, 6.07) is 1.49. The summed E-state index contributed by atoms with van der Waals surface area (Å²) in [7, 11) is 1.54. The number of carbonyl (C=O) groups is 1. The molecule has 0 bridgehead atoms. The molecular formula is C8H9Cl2NO3S. The van der Waals surface area contributed by atoms with Crippen molar-refractivity contribution in [3.63, 3.8) is 0 Å². The van der Waals surface area contributed by atoms with Crippen LogP contribution in [0.4, 0.5) is 0 Å². The average molecular weight is 270 g/mol. The first-order valence-corrected chi connectivity index (χ1v) is 5.58. The van der Waals surface area contributed by atoms with Crippen LogP contribution >= 0.6 is 34.5 Å². The summed E-state index contributed by atoms with van der Waals surface area (Å²) in [4.78, 5) is 16.3. The molecule has 0 unspecified atom stereocenters. The maximum absolute atomic E-state index is 11.4. The molecule has 7 heteroatoms. The minimum absolute atomic E-state index is 0.276. The van der Waals surface area contributed by atoms with E-state index in [0.29, 0.717) is 20.8 Å². The molecule has 4 nitrogen and oxygen atoms in total. The van der Waals surface area contributed by atoms with Gasteiger partial charge in [-0.1, -0.05) is 23.2 Å². The highest BCUT2D eigenvalue weighted by molar-refractivity contribution is 7.20. The summed E-state index contributed by atoms with van der Waals surface area (Å²) in [5.41, 5.74) is 2.54. The van der Waals surface area contributed by atoms with Crippen LogP contribution in [0.25, 0.3) is 0 Å². The molecule has 0 saturated carbocycles. The fraction of sp³-hybridized carbons (Fsp3) is 0.375. The zero-order valence-corrected chi connectivity index (χ0v) is 10.2. The second-order valence-corrected chi connectivity index (χ2v) is 4.80. The highest BCUT2D eigenvalue weighted by Crippen LogP contribution is 2.30. The van der Waals surface area contributed by atoms with E-state index in [1.165, 1.54) is 6.07 Å². The minimum Gasteiger partial charge on any atom is -0.382 e. The monoisotopic (exact) mass is 269 g/mol. The molecule has 1 N–H and O–H groups in total. The third-order valence-electron chi connectivity index (χ3n) is 1.46. The van der Waals surface area contributed by atoms with Crippen LogP contribution in [0.15, 0.2) is 6.07 Å². The smallest absolute Gasteiger partial charge is 0.277 e. The number of hydroxylamine groups is 1. The molecule has 1 aromatic heterocycles. The van der Waals surface area contributed by atoms with Crippen LogP contribution in [-0.2, 0) is 9.57 Å². The Labute approximate surface area is 101 Å². The Morgan fingerprint density at radius 3 is 2.80 bits per heavy atom. The van der Waals surface area contributed by atoms with Gasteiger partial charge in [0.15, 0.2) is 0 Å². The molecule has 0 radical (unpaired) electrons. The number of hydrogen-bond donors (Lipinski definition) is 1. The van der Waals surface area contributed by atoms with E-state index in [0.717, 1.165) is 11.3 Å². The van der Waals surface area contributed by atoms with Gasteiger partial charge >= 0.3 is 0 Å². The summed E-state index contributed by atoms with van der Waals surface area (Å²) in [6.45, 7) is 0.677. The highest BCUT2D eigenvalue weighted by atomic mass is 35.5. The molecule has 0 aliphatic rings. The predicted molar refractivity (Wildman–Crippen MR) is 59.6 cm³/mol. The van der Waals surface area contributed by atoms with Crippen molar-refractivity contribution in [2.75, 3.05) is 20.3 Å².